The molecule has 1 saturated carbocycles. The van der Waals surface area contributed by atoms with E-state index in [9.17, 15) is 13.2 Å². The van der Waals surface area contributed by atoms with Gasteiger partial charge in [-0.1, -0.05) is 48.0 Å². The highest BCUT2D eigenvalue weighted by Gasteiger charge is 2.35. The summed E-state index contributed by atoms with van der Waals surface area (Å²) in [7, 11) is -3.61. The second kappa shape index (κ2) is 8.34. The van der Waals surface area contributed by atoms with Crippen LogP contribution >= 0.6 is 11.6 Å². The highest BCUT2D eigenvalue weighted by atomic mass is 35.5. The van der Waals surface area contributed by atoms with Crippen LogP contribution in [0.25, 0.3) is 0 Å². The van der Waals surface area contributed by atoms with Gasteiger partial charge < -0.3 is 10.2 Å². The topological polar surface area (TPSA) is 69.7 Å². The van der Waals surface area contributed by atoms with Crippen LogP contribution in [0.15, 0.2) is 59.5 Å². The van der Waals surface area contributed by atoms with Crippen molar-refractivity contribution in [1.82, 2.24) is 14.5 Å². The summed E-state index contributed by atoms with van der Waals surface area (Å²) < 4.78 is 27.1. The van der Waals surface area contributed by atoms with E-state index in [1.54, 1.807) is 23.1 Å². The highest BCUT2D eigenvalue weighted by Crippen LogP contribution is 2.41. The van der Waals surface area contributed by atoms with Crippen LogP contribution in [0.1, 0.15) is 24.4 Å². The fraction of sp³-hybridized carbons (Fsp3) is 0.381. The Morgan fingerprint density at radius 1 is 1.00 bits per heavy atom. The number of urea groups is 1. The van der Waals surface area contributed by atoms with Gasteiger partial charge in [0.2, 0.25) is 10.0 Å². The number of carbonyl (C=O) groups excluding carboxylic acids is 1. The summed E-state index contributed by atoms with van der Waals surface area (Å²) >= 11 is 5.94. The third kappa shape index (κ3) is 4.57. The molecule has 1 atom stereocenters. The number of carbonyl (C=O) groups is 1. The molecule has 8 heteroatoms. The van der Waals surface area contributed by atoms with Gasteiger partial charge in [-0.2, -0.15) is 4.31 Å². The molecule has 1 saturated heterocycles. The standard InChI is InChI=1S/C21H24ClN3O3S/c22-18-7-4-8-19(15-18)29(27,28)25-13-11-24(12-14-25)21(26)23-20(17-9-10-17)16-5-2-1-3-6-16/h1-8,15,17,20H,9-14H2,(H,23,26)/t20-/m0/s1. The van der Waals surface area contributed by atoms with E-state index in [2.05, 4.69) is 5.32 Å². The Kier molecular flexibility index (Phi) is 5.81. The molecular weight excluding hydrogens is 410 g/mol. The van der Waals surface area contributed by atoms with Gasteiger partial charge in [-0.25, -0.2) is 13.2 Å². The van der Waals surface area contributed by atoms with Crippen molar-refractivity contribution < 1.29 is 13.2 Å². The normalized spacial score (nSPS) is 19.0. The molecule has 0 radical (unpaired) electrons. The molecule has 2 fully saturated rings. The van der Waals surface area contributed by atoms with Crippen LogP contribution < -0.4 is 5.32 Å². The minimum Gasteiger partial charge on any atom is -0.331 e. The lowest BCUT2D eigenvalue weighted by molar-refractivity contribution is 0.167. The molecule has 2 aromatic carbocycles. The zero-order valence-corrected chi connectivity index (χ0v) is 17.6. The lowest BCUT2D eigenvalue weighted by atomic mass is 10.0. The molecule has 4 rings (SSSR count). The van der Waals surface area contributed by atoms with Gasteiger partial charge in [0.15, 0.2) is 0 Å². The number of sulfonamides is 1. The minimum absolute atomic E-state index is 0.0110. The molecule has 0 unspecified atom stereocenters. The average Bonchev–Trinajstić information content (AvgIpc) is 3.58. The summed E-state index contributed by atoms with van der Waals surface area (Å²) in [4.78, 5) is 14.7. The second-order valence-corrected chi connectivity index (χ2v) is 9.90. The molecule has 2 aromatic rings. The summed E-state index contributed by atoms with van der Waals surface area (Å²) in [5.74, 6) is 0.478. The molecule has 0 spiro atoms. The van der Waals surface area contributed by atoms with Crippen molar-refractivity contribution in [2.45, 2.75) is 23.8 Å². The average molecular weight is 434 g/mol. The number of nitrogens with zero attached hydrogens (tertiary/aromatic N) is 2. The molecule has 1 aliphatic carbocycles. The van der Waals surface area contributed by atoms with E-state index in [4.69, 9.17) is 11.6 Å². The Balaban J connectivity index is 1.38. The van der Waals surface area contributed by atoms with Crippen molar-refractivity contribution in [3.63, 3.8) is 0 Å². The predicted molar refractivity (Wildman–Crippen MR) is 112 cm³/mol. The molecule has 2 aliphatic rings. The zero-order chi connectivity index (χ0) is 20.4. The number of amides is 2. The molecular formula is C21H24ClN3O3S. The minimum atomic E-state index is -3.61. The molecule has 6 nitrogen and oxygen atoms in total. The highest BCUT2D eigenvalue weighted by molar-refractivity contribution is 7.89. The first-order chi connectivity index (χ1) is 13.9. The predicted octanol–water partition coefficient (Wildman–Crippen LogP) is 3.51. The van der Waals surface area contributed by atoms with Crippen LogP contribution in [0, 0.1) is 5.92 Å². The molecule has 154 valence electrons. The zero-order valence-electron chi connectivity index (χ0n) is 16.0. The van der Waals surface area contributed by atoms with Gasteiger partial charge in [-0.15, -0.1) is 0 Å². The largest absolute Gasteiger partial charge is 0.331 e. The quantitative estimate of drug-likeness (QED) is 0.784. The lowest BCUT2D eigenvalue weighted by Crippen LogP contribution is -2.53. The molecule has 1 heterocycles. The first-order valence-electron chi connectivity index (χ1n) is 9.81. The Morgan fingerprint density at radius 2 is 1.69 bits per heavy atom. The van der Waals surface area contributed by atoms with Crippen molar-refractivity contribution in [2.24, 2.45) is 5.92 Å². The van der Waals surface area contributed by atoms with Gasteiger partial charge in [-0.3, -0.25) is 0 Å². The third-order valence-corrected chi connectivity index (χ3v) is 7.62. The van der Waals surface area contributed by atoms with Crippen LogP contribution in [0.2, 0.25) is 5.02 Å². The Labute approximate surface area is 176 Å². The van der Waals surface area contributed by atoms with Gasteiger partial charge >= 0.3 is 6.03 Å². The van der Waals surface area contributed by atoms with Crippen molar-refractivity contribution >= 4 is 27.7 Å². The Morgan fingerprint density at radius 3 is 2.31 bits per heavy atom. The van der Waals surface area contributed by atoms with Gasteiger partial charge in [0.05, 0.1) is 10.9 Å². The second-order valence-electron chi connectivity index (χ2n) is 7.52. The lowest BCUT2D eigenvalue weighted by Gasteiger charge is -2.35. The fourth-order valence-corrected chi connectivity index (χ4v) is 5.42. The Bertz CT molecular complexity index is 972. The SMILES string of the molecule is O=C(N[C@@H](c1ccccc1)C1CC1)N1CCN(S(=O)(=O)c2cccc(Cl)c2)CC1. The van der Waals surface area contributed by atoms with E-state index < -0.39 is 10.0 Å². The number of nitrogens with one attached hydrogen (secondary N) is 1. The maximum absolute atomic E-state index is 12.8. The van der Waals surface area contributed by atoms with E-state index in [0.29, 0.717) is 24.0 Å². The molecule has 2 amide bonds. The maximum Gasteiger partial charge on any atom is 0.317 e. The van der Waals surface area contributed by atoms with E-state index >= 15 is 0 Å². The van der Waals surface area contributed by atoms with Crippen molar-refractivity contribution in [3.8, 4) is 0 Å². The number of hydrogen-bond donors (Lipinski definition) is 1. The van der Waals surface area contributed by atoms with Crippen molar-refractivity contribution in [2.75, 3.05) is 26.2 Å². The number of halogens is 1. The molecule has 0 aromatic heterocycles. The molecule has 1 aliphatic heterocycles. The summed E-state index contributed by atoms with van der Waals surface area (Å²) in [6.07, 6.45) is 2.23. The van der Waals surface area contributed by atoms with Crippen LogP contribution in [0.5, 0.6) is 0 Å². The van der Waals surface area contributed by atoms with Gasteiger partial charge in [0, 0.05) is 31.2 Å². The van der Waals surface area contributed by atoms with Gasteiger partial charge in [0.1, 0.15) is 0 Å². The summed E-state index contributed by atoms with van der Waals surface area (Å²) in [6.45, 7) is 1.25. The molecule has 1 N–H and O–H groups in total. The molecule has 29 heavy (non-hydrogen) atoms. The van der Waals surface area contributed by atoms with Crippen LogP contribution in [-0.4, -0.2) is 49.8 Å². The van der Waals surface area contributed by atoms with E-state index in [0.717, 1.165) is 18.4 Å². The number of benzene rings is 2. The van der Waals surface area contributed by atoms with Crippen LogP contribution in [0.3, 0.4) is 0 Å². The first-order valence-corrected chi connectivity index (χ1v) is 11.6. The smallest absolute Gasteiger partial charge is 0.317 e. The van der Waals surface area contributed by atoms with Crippen molar-refractivity contribution in [3.05, 3.63) is 65.2 Å². The number of piperazine rings is 1. The van der Waals surface area contributed by atoms with Crippen LogP contribution in [-0.2, 0) is 10.0 Å². The molecule has 0 bridgehead atoms. The summed E-state index contributed by atoms with van der Waals surface area (Å²) in [5, 5.41) is 3.54. The summed E-state index contributed by atoms with van der Waals surface area (Å²) in [6, 6.07) is 16.2. The fourth-order valence-electron chi connectivity index (χ4n) is 3.70. The summed E-state index contributed by atoms with van der Waals surface area (Å²) in [5.41, 5.74) is 1.12. The van der Waals surface area contributed by atoms with Gasteiger partial charge in [0.25, 0.3) is 0 Å². The van der Waals surface area contributed by atoms with Crippen LogP contribution in [0.4, 0.5) is 4.79 Å². The van der Waals surface area contributed by atoms with E-state index in [-0.39, 0.29) is 30.1 Å². The van der Waals surface area contributed by atoms with Gasteiger partial charge in [-0.05, 0) is 42.5 Å². The number of hydrogen-bond acceptors (Lipinski definition) is 3. The Hall–Kier alpha value is -2.09. The van der Waals surface area contributed by atoms with E-state index in [1.165, 1.54) is 10.4 Å². The van der Waals surface area contributed by atoms with Crippen molar-refractivity contribution in [1.29, 1.82) is 0 Å². The maximum atomic E-state index is 12.8. The number of rotatable bonds is 5. The van der Waals surface area contributed by atoms with E-state index in [1.807, 2.05) is 30.3 Å². The third-order valence-electron chi connectivity index (χ3n) is 5.49. The first kappa shape index (κ1) is 20.2. The monoisotopic (exact) mass is 433 g/mol.